The second-order valence-corrected chi connectivity index (χ2v) is 7.12. The van der Waals surface area contributed by atoms with Crippen LogP contribution in [0.4, 0.5) is 0 Å². The van der Waals surface area contributed by atoms with Gasteiger partial charge in [0.05, 0.1) is 7.11 Å². The van der Waals surface area contributed by atoms with Crippen LogP contribution in [0.1, 0.15) is 44.6 Å². The van der Waals surface area contributed by atoms with Gasteiger partial charge in [0.2, 0.25) is 5.91 Å². The highest BCUT2D eigenvalue weighted by Gasteiger charge is 2.52. The van der Waals surface area contributed by atoms with Gasteiger partial charge < -0.3 is 9.64 Å². The molecule has 114 valence electrons. The lowest BCUT2D eigenvalue weighted by Gasteiger charge is -2.33. The molecule has 1 saturated carbocycles. The van der Waals surface area contributed by atoms with Gasteiger partial charge >= 0.3 is 0 Å². The second kappa shape index (κ2) is 5.36. The average molecular weight is 287 g/mol. The number of methoxy groups -OCH3 is 1. The predicted octanol–water partition coefficient (Wildman–Crippen LogP) is 3.45. The van der Waals surface area contributed by atoms with Crippen molar-refractivity contribution in [3.63, 3.8) is 0 Å². The molecule has 1 saturated heterocycles. The van der Waals surface area contributed by atoms with E-state index >= 15 is 0 Å². The van der Waals surface area contributed by atoms with E-state index in [2.05, 4.69) is 36.9 Å². The van der Waals surface area contributed by atoms with E-state index in [4.69, 9.17) is 4.74 Å². The largest absolute Gasteiger partial charge is 0.497 e. The van der Waals surface area contributed by atoms with Crippen LogP contribution in [0.3, 0.4) is 0 Å². The van der Waals surface area contributed by atoms with Crippen LogP contribution in [0.25, 0.3) is 0 Å². The summed E-state index contributed by atoms with van der Waals surface area (Å²) in [6.45, 7) is 6.18. The summed E-state index contributed by atoms with van der Waals surface area (Å²) in [5.74, 6) is 2.12. The molecular weight excluding hydrogens is 262 g/mol. The number of ether oxygens (including phenoxy) is 1. The minimum Gasteiger partial charge on any atom is -0.497 e. The molecule has 1 amide bonds. The summed E-state index contributed by atoms with van der Waals surface area (Å²) < 4.78 is 5.30. The third-order valence-corrected chi connectivity index (χ3v) is 5.18. The van der Waals surface area contributed by atoms with Gasteiger partial charge in [-0.1, -0.05) is 26.0 Å². The highest BCUT2D eigenvalue weighted by molar-refractivity contribution is 5.82. The van der Waals surface area contributed by atoms with E-state index in [1.165, 1.54) is 5.56 Å². The van der Waals surface area contributed by atoms with E-state index in [0.29, 0.717) is 11.8 Å². The smallest absolute Gasteiger partial charge is 0.226 e. The molecule has 1 aliphatic heterocycles. The molecule has 1 unspecified atom stereocenters. The summed E-state index contributed by atoms with van der Waals surface area (Å²) in [5, 5.41) is 0. The fourth-order valence-electron chi connectivity index (χ4n) is 3.44. The second-order valence-electron chi connectivity index (χ2n) is 7.12. The maximum absolute atomic E-state index is 12.4. The van der Waals surface area contributed by atoms with Crippen molar-refractivity contribution < 1.29 is 9.53 Å². The number of rotatable bonds is 3. The van der Waals surface area contributed by atoms with Crippen molar-refractivity contribution in [1.29, 1.82) is 0 Å². The van der Waals surface area contributed by atoms with Crippen molar-refractivity contribution in [3.8, 4) is 5.75 Å². The molecule has 0 N–H and O–H groups in total. The lowest BCUT2D eigenvalue weighted by molar-refractivity contribution is -0.134. The first kappa shape index (κ1) is 14.4. The predicted molar refractivity (Wildman–Crippen MR) is 83.4 cm³/mol. The van der Waals surface area contributed by atoms with Crippen molar-refractivity contribution in [2.45, 2.75) is 39.0 Å². The van der Waals surface area contributed by atoms with E-state index in [0.717, 1.165) is 38.1 Å². The maximum Gasteiger partial charge on any atom is 0.226 e. The van der Waals surface area contributed by atoms with Crippen LogP contribution in [0.2, 0.25) is 0 Å². The Balaban J connectivity index is 1.59. The number of carbonyl (C=O) groups excluding carboxylic acids is 1. The summed E-state index contributed by atoms with van der Waals surface area (Å²) >= 11 is 0. The normalized spacial score (nSPS) is 24.7. The standard InChI is InChI=1S/C18H25NO2/c1-18(2)12-16(18)17(20)19-9-7-13(8-10-19)14-5-4-6-15(11-14)21-3/h4-6,11,13,16H,7-10,12H2,1-3H3. The molecule has 1 aromatic rings. The van der Waals surface area contributed by atoms with Gasteiger partial charge in [0, 0.05) is 19.0 Å². The van der Waals surface area contributed by atoms with Crippen molar-refractivity contribution in [1.82, 2.24) is 4.90 Å². The van der Waals surface area contributed by atoms with Crippen molar-refractivity contribution in [3.05, 3.63) is 29.8 Å². The Labute approximate surface area is 127 Å². The van der Waals surface area contributed by atoms with E-state index in [9.17, 15) is 4.79 Å². The van der Waals surface area contributed by atoms with Crippen molar-refractivity contribution >= 4 is 5.91 Å². The van der Waals surface area contributed by atoms with Crippen LogP contribution < -0.4 is 4.74 Å². The molecule has 3 rings (SSSR count). The molecule has 0 bridgehead atoms. The molecule has 0 radical (unpaired) electrons. The summed E-state index contributed by atoms with van der Waals surface area (Å²) in [4.78, 5) is 14.5. The van der Waals surface area contributed by atoms with Gasteiger partial charge in [-0.05, 0) is 48.3 Å². The van der Waals surface area contributed by atoms with Gasteiger partial charge in [-0.2, -0.15) is 0 Å². The Hall–Kier alpha value is -1.51. The first-order valence-electron chi connectivity index (χ1n) is 7.94. The van der Waals surface area contributed by atoms with Gasteiger partial charge in [0.25, 0.3) is 0 Å². The highest BCUT2D eigenvalue weighted by atomic mass is 16.5. The molecular formula is C18H25NO2. The van der Waals surface area contributed by atoms with E-state index in [-0.39, 0.29) is 11.3 Å². The number of carbonyl (C=O) groups is 1. The molecule has 3 heteroatoms. The first-order chi connectivity index (χ1) is 10.0. The first-order valence-corrected chi connectivity index (χ1v) is 7.94. The Bertz CT molecular complexity index is 530. The molecule has 1 atom stereocenters. The monoisotopic (exact) mass is 287 g/mol. The Kier molecular flexibility index (Phi) is 3.68. The number of hydrogen-bond acceptors (Lipinski definition) is 2. The molecule has 0 aromatic heterocycles. The highest BCUT2D eigenvalue weighted by Crippen LogP contribution is 2.52. The molecule has 1 heterocycles. The van der Waals surface area contributed by atoms with Gasteiger partial charge in [0.1, 0.15) is 5.75 Å². The number of nitrogens with zero attached hydrogens (tertiary/aromatic N) is 1. The van der Waals surface area contributed by atoms with Gasteiger partial charge in [-0.3, -0.25) is 4.79 Å². The van der Waals surface area contributed by atoms with Crippen LogP contribution >= 0.6 is 0 Å². The average Bonchev–Trinajstić information content (AvgIpc) is 3.15. The van der Waals surface area contributed by atoms with Gasteiger partial charge in [-0.15, -0.1) is 0 Å². The molecule has 21 heavy (non-hydrogen) atoms. The minimum absolute atomic E-state index is 0.237. The molecule has 1 aromatic carbocycles. The van der Waals surface area contributed by atoms with Crippen LogP contribution in [-0.2, 0) is 4.79 Å². The third-order valence-electron chi connectivity index (χ3n) is 5.18. The SMILES string of the molecule is COc1cccc(C2CCN(C(=O)C3CC3(C)C)CC2)c1. The fourth-order valence-corrected chi connectivity index (χ4v) is 3.44. The van der Waals surface area contributed by atoms with E-state index < -0.39 is 0 Å². The molecule has 3 nitrogen and oxygen atoms in total. The quantitative estimate of drug-likeness (QED) is 0.852. The summed E-state index contributed by atoms with van der Waals surface area (Å²) in [6.07, 6.45) is 3.18. The zero-order chi connectivity index (χ0) is 15.0. The number of benzene rings is 1. The number of amides is 1. The van der Waals surface area contributed by atoms with Gasteiger partial charge in [-0.25, -0.2) is 0 Å². The lowest BCUT2D eigenvalue weighted by Crippen LogP contribution is -2.39. The lowest BCUT2D eigenvalue weighted by atomic mass is 9.89. The minimum atomic E-state index is 0.237. The number of likely N-dealkylation sites (tertiary alicyclic amines) is 1. The van der Waals surface area contributed by atoms with Crippen LogP contribution in [-0.4, -0.2) is 31.0 Å². The van der Waals surface area contributed by atoms with Crippen LogP contribution in [0.5, 0.6) is 5.75 Å². The van der Waals surface area contributed by atoms with Gasteiger partial charge in [0.15, 0.2) is 0 Å². The summed E-state index contributed by atoms with van der Waals surface area (Å²) in [7, 11) is 1.71. The number of hydrogen-bond donors (Lipinski definition) is 0. The van der Waals surface area contributed by atoms with Crippen molar-refractivity contribution in [2.75, 3.05) is 20.2 Å². The molecule has 2 aliphatic rings. The van der Waals surface area contributed by atoms with Crippen LogP contribution in [0, 0.1) is 11.3 Å². The van der Waals surface area contributed by atoms with Crippen molar-refractivity contribution in [2.24, 2.45) is 11.3 Å². The van der Waals surface area contributed by atoms with E-state index in [1.807, 2.05) is 6.07 Å². The Morgan fingerprint density at radius 1 is 1.29 bits per heavy atom. The zero-order valence-electron chi connectivity index (χ0n) is 13.3. The van der Waals surface area contributed by atoms with Crippen LogP contribution in [0.15, 0.2) is 24.3 Å². The molecule has 0 spiro atoms. The molecule has 1 aliphatic carbocycles. The molecule has 2 fully saturated rings. The zero-order valence-corrected chi connectivity index (χ0v) is 13.3. The maximum atomic E-state index is 12.4. The summed E-state index contributed by atoms with van der Waals surface area (Å²) in [5.41, 5.74) is 1.58. The fraction of sp³-hybridized carbons (Fsp3) is 0.611. The van der Waals surface area contributed by atoms with E-state index in [1.54, 1.807) is 7.11 Å². The number of piperidine rings is 1. The Morgan fingerprint density at radius 2 is 1.95 bits per heavy atom. The Morgan fingerprint density at radius 3 is 2.52 bits per heavy atom. The summed E-state index contributed by atoms with van der Waals surface area (Å²) in [6, 6.07) is 8.34. The topological polar surface area (TPSA) is 29.5 Å². The third kappa shape index (κ3) is 2.92.